The highest BCUT2D eigenvalue weighted by atomic mass is 16.3. The second kappa shape index (κ2) is 6.66. The predicted molar refractivity (Wildman–Crippen MR) is 65.3 cm³/mol. The molecule has 0 radical (unpaired) electrons. The number of hydrogen-bond acceptors (Lipinski definition) is 3. The molecule has 0 aliphatic heterocycles. The molecule has 0 saturated heterocycles. The molecule has 0 aliphatic rings. The topological polar surface area (TPSA) is 50.1 Å². The average molecular weight is 225 g/mol. The molecule has 1 rings (SSSR count). The standard InChI is InChI=1S/C12H23N3O/c1-4-6-13-12(5-7-16)11-8-14-15(9-11)10(2)3/h8-10,12-13,16H,4-7H2,1-3H3. The molecule has 2 N–H and O–H groups in total. The second-order valence-corrected chi connectivity index (χ2v) is 4.37. The molecule has 0 fully saturated rings. The van der Waals surface area contributed by atoms with E-state index >= 15 is 0 Å². The van der Waals surface area contributed by atoms with Gasteiger partial charge in [0, 0.05) is 30.5 Å². The van der Waals surface area contributed by atoms with Crippen molar-refractivity contribution in [2.24, 2.45) is 0 Å². The van der Waals surface area contributed by atoms with Crippen molar-refractivity contribution >= 4 is 0 Å². The first-order valence-corrected chi connectivity index (χ1v) is 6.07. The third kappa shape index (κ3) is 3.61. The van der Waals surface area contributed by atoms with Crippen LogP contribution in [0, 0.1) is 0 Å². The van der Waals surface area contributed by atoms with Gasteiger partial charge in [0.25, 0.3) is 0 Å². The zero-order valence-corrected chi connectivity index (χ0v) is 10.5. The Kier molecular flexibility index (Phi) is 5.49. The van der Waals surface area contributed by atoms with Gasteiger partial charge in [0.2, 0.25) is 0 Å². The number of aromatic nitrogens is 2. The summed E-state index contributed by atoms with van der Waals surface area (Å²) in [4.78, 5) is 0. The highest BCUT2D eigenvalue weighted by Gasteiger charge is 2.12. The van der Waals surface area contributed by atoms with Gasteiger partial charge in [0.1, 0.15) is 0 Å². The molecule has 4 nitrogen and oxygen atoms in total. The minimum atomic E-state index is 0.203. The summed E-state index contributed by atoms with van der Waals surface area (Å²) >= 11 is 0. The zero-order valence-electron chi connectivity index (χ0n) is 10.5. The fraction of sp³-hybridized carbons (Fsp3) is 0.750. The SMILES string of the molecule is CCCNC(CCO)c1cnn(C(C)C)c1. The summed E-state index contributed by atoms with van der Waals surface area (Å²) in [6, 6.07) is 0.604. The molecule has 0 amide bonds. The van der Waals surface area contributed by atoms with E-state index in [4.69, 9.17) is 5.11 Å². The maximum atomic E-state index is 9.05. The molecule has 0 spiro atoms. The smallest absolute Gasteiger partial charge is 0.0537 e. The lowest BCUT2D eigenvalue weighted by Gasteiger charge is -2.15. The molecule has 0 aromatic carbocycles. The van der Waals surface area contributed by atoms with E-state index in [1.165, 1.54) is 0 Å². The van der Waals surface area contributed by atoms with Crippen LogP contribution in [0.25, 0.3) is 0 Å². The van der Waals surface area contributed by atoms with Crippen LogP contribution in [0.15, 0.2) is 12.4 Å². The highest BCUT2D eigenvalue weighted by molar-refractivity contribution is 5.10. The van der Waals surface area contributed by atoms with Crippen molar-refractivity contribution in [3.63, 3.8) is 0 Å². The summed E-state index contributed by atoms with van der Waals surface area (Å²) < 4.78 is 1.95. The van der Waals surface area contributed by atoms with Gasteiger partial charge in [-0.15, -0.1) is 0 Å². The van der Waals surface area contributed by atoms with Crippen molar-refractivity contribution in [2.75, 3.05) is 13.2 Å². The van der Waals surface area contributed by atoms with Crippen LogP contribution in [0.3, 0.4) is 0 Å². The molecule has 1 aromatic heterocycles. The van der Waals surface area contributed by atoms with Crippen molar-refractivity contribution in [2.45, 2.75) is 45.7 Å². The number of hydrogen-bond donors (Lipinski definition) is 2. The van der Waals surface area contributed by atoms with E-state index in [1.54, 1.807) is 0 Å². The summed E-state index contributed by atoms with van der Waals surface area (Å²) in [6.45, 7) is 7.53. The lowest BCUT2D eigenvalue weighted by molar-refractivity contribution is 0.265. The highest BCUT2D eigenvalue weighted by Crippen LogP contribution is 2.17. The van der Waals surface area contributed by atoms with Crippen LogP contribution in [0.2, 0.25) is 0 Å². The molecular formula is C12H23N3O. The Morgan fingerprint density at radius 3 is 2.75 bits per heavy atom. The van der Waals surface area contributed by atoms with Crippen molar-refractivity contribution in [1.82, 2.24) is 15.1 Å². The summed E-state index contributed by atoms with van der Waals surface area (Å²) in [6.07, 6.45) is 5.79. The Bertz CT molecular complexity index is 296. The van der Waals surface area contributed by atoms with Gasteiger partial charge < -0.3 is 10.4 Å². The van der Waals surface area contributed by atoms with Crippen LogP contribution in [0.5, 0.6) is 0 Å². The molecule has 0 aliphatic carbocycles. The molecule has 1 heterocycles. The molecule has 0 bridgehead atoms. The van der Waals surface area contributed by atoms with E-state index in [0.29, 0.717) is 6.04 Å². The number of rotatable bonds is 7. The summed E-state index contributed by atoms with van der Waals surface area (Å²) in [5.41, 5.74) is 1.16. The third-order valence-electron chi connectivity index (χ3n) is 2.61. The molecule has 0 saturated carbocycles. The molecule has 1 aromatic rings. The van der Waals surface area contributed by atoms with Crippen LogP contribution in [-0.2, 0) is 0 Å². The van der Waals surface area contributed by atoms with E-state index in [1.807, 2.05) is 10.9 Å². The minimum Gasteiger partial charge on any atom is -0.396 e. The van der Waals surface area contributed by atoms with Gasteiger partial charge in [-0.1, -0.05) is 6.92 Å². The number of aliphatic hydroxyl groups excluding tert-OH is 1. The lowest BCUT2D eigenvalue weighted by atomic mass is 10.1. The first-order valence-electron chi connectivity index (χ1n) is 6.07. The quantitative estimate of drug-likeness (QED) is 0.745. The Morgan fingerprint density at radius 1 is 1.50 bits per heavy atom. The maximum absolute atomic E-state index is 9.05. The van der Waals surface area contributed by atoms with Crippen molar-refractivity contribution in [3.05, 3.63) is 18.0 Å². The van der Waals surface area contributed by atoms with Gasteiger partial charge in [-0.2, -0.15) is 5.10 Å². The molecule has 1 unspecified atom stereocenters. The normalized spacial score (nSPS) is 13.3. The Labute approximate surface area is 97.7 Å². The molecule has 16 heavy (non-hydrogen) atoms. The zero-order chi connectivity index (χ0) is 12.0. The largest absolute Gasteiger partial charge is 0.396 e. The number of nitrogens with zero attached hydrogens (tertiary/aromatic N) is 2. The maximum Gasteiger partial charge on any atom is 0.0537 e. The van der Waals surface area contributed by atoms with Crippen LogP contribution < -0.4 is 5.32 Å². The third-order valence-corrected chi connectivity index (χ3v) is 2.61. The van der Waals surface area contributed by atoms with E-state index in [0.717, 1.165) is 24.9 Å². The Balaban J connectivity index is 2.67. The summed E-state index contributed by atoms with van der Waals surface area (Å²) in [5, 5.41) is 16.8. The average Bonchev–Trinajstić information content (AvgIpc) is 2.73. The first kappa shape index (κ1) is 13.2. The monoisotopic (exact) mass is 225 g/mol. The molecule has 4 heteroatoms. The van der Waals surface area contributed by atoms with Crippen molar-refractivity contribution < 1.29 is 5.11 Å². The first-order chi connectivity index (χ1) is 7.69. The van der Waals surface area contributed by atoms with E-state index in [9.17, 15) is 0 Å². The van der Waals surface area contributed by atoms with Crippen LogP contribution >= 0.6 is 0 Å². The number of nitrogens with one attached hydrogen (secondary N) is 1. The van der Waals surface area contributed by atoms with Gasteiger partial charge in [0.05, 0.1) is 6.20 Å². The molecule has 1 atom stereocenters. The van der Waals surface area contributed by atoms with E-state index in [2.05, 4.69) is 37.4 Å². The van der Waals surface area contributed by atoms with Gasteiger partial charge >= 0.3 is 0 Å². The van der Waals surface area contributed by atoms with Crippen LogP contribution in [0.4, 0.5) is 0 Å². The Morgan fingerprint density at radius 2 is 2.25 bits per heavy atom. The van der Waals surface area contributed by atoms with Crippen LogP contribution in [-0.4, -0.2) is 28.0 Å². The van der Waals surface area contributed by atoms with Crippen LogP contribution in [0.1, 0.15) is 51.3 Å². The van der Waals surface area contributed by atoms with Crippen molar-refractivity contribution in [1.29, 1.82) is 0 Å². The van der Waals surface area contributed by atoms with E-state index < -0.39 is 0 Å². The van der Waals surface area contributed by atoms with E-state index in [-0.39, 0.29) is 12.6 Å². The lowest BCUT2D eigenvalue weighted by Crippen LogP contribution is -2.22. The van der Waals surface area contributed by atoms with Gasteiger partial charge in [-0.25, -0.2) is 0 Å². The van der Waals surface area contributed by atoms with Gasteiger partial charge in [-0.3, -0.25) is 4.68 Å². The van der Waals surface area contributed by atoms with Crippen molar-refractivity contribution in [3.8, 4) is 0 Å². The summed E-state index contributed by atoms with van der Waals surface area (Å²) in [7, 11) is 0. The minimum absolute atomic E-state index is 0.203. The summed E-state index contributed by atoms with van der Waals surface area (Å²) in [5.74, 6) is 0. The van der Waals surface area contributed by atoms with Gasteiger partial charge in [0.15, 0.2) is 0 Å². The molecular weight excluding hydrogens is 202 g/mol. The second-order valence-electron chi connectivity index (χ2n) is 4.37. The van der Waals surface area contributed by atoms with Gasteiger partial charge in [-0.05, 0) is 33.2 Å². The fourth-order valence-electron chi connectivity index (χ4n) is 1.65. The number of aliphatic hydroxyl groups is 1. The predicted octanol–water partition coefficient (Wildman–Crippen LogP) is 1.89. The molecule has 92 valence electrons. The fourth-order valence-corrected chi connectivity index (χ4v) is 1.65. The Hall–Kier alpha value is -0.870.